The minimum atomic E-state index is 0.527. The van der Waals surface area contributed by atoms with Gasteiger partial charge in [-0.05, 0) is 31.6 Å². The predicted molar refractivity (Wildman–Crippen MR) is 104 cm³/mol. The van der Waals surface area contributed by atoms with Gasteiger partial charge in [-0.3, -0.25) is 0 Å². The number of nitrogens with zero attached hydrogens (tertiary/aromatic N) is 3. The lowest BCUT2D eigenvalue weighted by atomic mass is 10.0. The number of hydrogen-bond acceptors (Lipinski definition) is 4. The van der Waals surface area contributed by atoms with E-state index in [9.17, 15) is 0 Å². The fourth-order valence-electron chi connectivity index (χ4n) is 4.07. The van der Waals surface area contributed by atoms with Gasteiger partial charge in [0, 0.05) is 30.8 Å². The zero-order chi connectivity index (χ0) is 17.1. The van der Waals surface area contributed by atoms with Crippen molar-refractivity contribution >= 4 is 11.8 Å². The highest BCUT2D eigenvalue weighted by atomic mass is 15.2. The molecule has 1 atom stereocenters. The van der Waals surface area contributed by atoms with Crippen molar-refractivity contribution in [2.45, 2.75) is 51.5 Å². The Bertz CT molecular complexity index is 694. The average molecular weight is 336 g/mol. The number of anilines is 2. The van der Waals surface area contributed by atoms with E-state index >= 15 is 0 Å². The molecule has 0 radical (unpaired) electrons. The van der Waals surface area contributed by atoms with Gasteiger partial charge in [-0.2, -0.15) is 4.98 Å². The standard InChI is InChI=1S/C21H28N4/c1-16-8-7-13-25(15-16)20-14-19(17-9-3-2-4-10-17)23-21(24-20)22-18-11-5-6-12-18/h2-4,9-10,14,16,18H,5-8,11-13,15H2,1H3,(H,22,23,24). The lowest BCUT2D eigenvalue weighted by Crippen LogP contribution is -2.35. The van der Waals surface area contributed by atoms with Gasteiger partial charge in [0.1, 0.15) is 5.82 Å². The Morgan fingerprint density at radius 1 is 1.00 bits per heavy atom. The molecule has 25 heavy (non-hydrogen) atoms. The van der Waals surface area contributed by atoms with Crippen molar-refractivity contribution in [2.24, 2.45) is 5.92 Å². The second-order valence-electron chi connectivity index (χ2n) is 7.62. The summed E-state index contributed by atoms with van der Waals surface area (Å²) in [5, 5.41) is 3.59. The molecule has 2 aliphatic rings. The third-order valence-electron chi connectivity index (χ3n) is 5.45. The summed E-state index contributed by atoms with van der Waals surface area (Å²) in [6.45, 7) is 4.52. The first-order chi connectivity index (χ1) is 12.3. The monoisotopic (exact) mass is 336 g/mol. The number of benzene rings is 1. The van der Waals surface area contributed by atoms with E-state index in [1.165, 1.54) is 38.5 Å². The Balaban J connectivity index is 1.66. The van der Waals surface area contributed by atoms with Crippen LogP contribution in [0.5, 0.6) is 0 Å². The topological polar surface area (TPSA) is 41.1 Å². The molecule has 0 spiro atoms. The highest BCUT2D eigenvalue weighted by molar-refractivity contribution is 5.65. The first-order valence-electron chi connectivity index (χ1n) is 9.74. The van der Waals surface area contributed by atoms with Crippen molar-refractivity contribution in [3.63, 3.8) is 0 Å². The molecule has 4 rings (SSSR count). The third kappa shape index (κ3) is 3.94. The highest BCUT2D eigenvalue weighted by Gasteiger charge is 2.21. The van der Waals surface area contributed by atoms with Crippen LogP contribution < -0.4 is 10.2 Å². The zero-order valence-corrected chi connectivity index (χ0v) is 15.1. The molecule has 1 aromatic heterocycles. The second kappa shape index (κ2) is 7.42. The van der Waals surface area contributed by atoms with Crippen LogP contribution in [-0.2, 0) is 0 Å². The van der Waals surface area contributed by atoms with Gasteiger partial charge in [0.05, 0.1) is 5.69 Å². The highest BCUT2D eigenvalue weighted by Crippen LogP contribution is 2.28. The Hall–Kier alpha value is -2.10. The van der Waals surface area contributed by atoms with Crippen LogP contribution in [0.4, 0.5) is 11.8 Å². The minimum Gasteiger partial charge on any atom is -0.356 e. The van der Waals surface area contributed by atoms with E-state index in [-0.39, 0.29) is 0 Å². The van der Waals surface area contributed by atoms with E-state index in [4.69, 9.17) is 9.97 Å². The molecule has 1 aliphatic heterocycles. The van der Waals surface area contributed by atoms with Gasteiger partial charge >= 0.3 is 0 Å². The van der Waals surface area contributed by atoms with Crippen LogP contribution in [0.15, 0.2) is 36.4 Å². The Morgan fingerprint density at radius 2 is 1.80 bits per heavy atom. The maximum absolute atomic E-state index is 4.88. The molecular formula is C21H28N4. The molecule has 2 heterocycles. The lowest BCUT2D eigenvalue weighted by molar-refractivity contribution is 0.444. The van der Waals surface area contributed by atoms with Crippen molar-refractivity contribution in [3.8, 4) is 11.3 Å². The largest absolute Gasteiger partial charge is 0.356 e. The number of aromatic nitrogens is 2. The van der Waals surface area contributed by atoms with Crippen LogP contribution in [0.3, 0.4) is 0 Å². The molecule has 1 saturated heterocycles. The summed E-state index contributed by atoms with van der Waals surface area (Å²) in [7, 11) is 0. The molecule has 0 amide bonds. The van der Waals surface area contributed by atoms with Crippen molar-refractivity contribution in [1.82, 2.24) is 9.97 Å². The van der Waals surface area contributed by atoms with E-state index < -0.39 is 0 Å². The van der Waals surface area contributed by atoms with E-state index in [1.54, 1.807) is 0 Å². The van der Waals surface area contributed by atoms with Gasteiger partial charge in [-0.15, -0.1) is 0 Å². The molecule has 2 aromatic rings. The molecular weight excluding hydrogens is 308 g/mol. The van der Waals surface area contributed by atoms with Gasteiger partial charge in [0.15, 0.2) is 0 Å². The van der Waals surface area contributed by atoms with Crippen LogP contribution in [0.2, 0.25) is 0 Å². The molecule has 1 saturated carbocycles. The van der Waals surface area contributed by atoms with Crippen LogP contribution in [0.25, 0.3) is 11.3 Å². The molecule has 1 N–H and O–H groups in total. The molecule has 2 fully saturated rings. The van der Waals surface area contributed by atoms with Crippen molar-refractivity contribution in [3.05, 3.63) is 36.4 Å². The molecule has 1 aliphatic carbocycles. The average Bonchev–Trinajstić information content (AvgIpc) is 3.15. The Kier molecular flexibility index (Phi) is 4.86. The minimum absolute atomic E-state index is 0.527. The van der Waals surface area contributed by atoms with E-state index in [0.29, 0.717) is 6.04 Å². The number of rotatable bonds is 4. The van der Waals surface area contributed by atoms with Crippen LogP contribution in [0, 0.1) is 5.92 Å². The molecule has 0 bridgehead atoms. The van der Waals surface area contributed by atoms with E-state index in [1.807, 2.05) is 0 Å². The summed E-state index contributed by atoms with van der Waals surface area (Å²) < 4.78 is 0. The van der Waals surface area contributed by atoms with E-state index in [0.717, 1.165) is 42.0 Å². The first-order valence-corrected chi connectivity index (χ1v) is 9.74. The van der Waals surface area contributed by atoms with Gasteiger partial charge in [0.2, 0.25) is 5.95 Å². The SMILES string of the molecule is CC1CCCN(c2cc(-c3ccccc3)nc(NC3CCCC3)n2)C1. The van der Waals surface area contributed by atoms with Gasteiger partial charge < -0.3 is 10.2 Å². The zero-order valence-electron chi connectivity index (χ0n) is 15.1. The normalized spacial score (nSPS) is 21.5. The Labute approximate surface area is 150 Å². The maximum atomic E-state index is 4.88. The van der Waals surface area contributed by atoms with Crippen molar-refractivity contribution in [1.29, 1.82) is 0 Å². The summed E-state index contributed by atoms with van der Waals surface area (Å²) in [6.07, 6.45) is 7.65. The van der Waals surface area contributed by atoms with Crippen molar-refractivity contribution < 1.29 is 0 Å². The number of piperidine rings is 1. The lowest BCUT2D eigenvalue weighted by Gasteiger charge is -2.32. The summed E-state index contributed by atoms with van der Waals surface area (Å²) >= 11 is 0. The molecule has 4 nitrogen and oxygen atoms in total. The fraction of sp³-hybridized carbons (Fsp3) is 0.524. The Morgan fingerprint density at radius 3 is 2.56 bits per heavy atom. The number of hydrogen-bond donors (Lipinski definition) is 1. The van der Waals surface area contributed by atoms with Gasteiger partial charge in [0.25, 0.3) is 0 Å². The summed E-state index contributed by atoms with van der Waals surface area (Å²) in [5.41, 5.74) is 2.18. The summed E-state index contributed by atoms with van der Waals surface area (Å²) in [4.78, 5) is 12.1. The fourth-order valence-corrected chi connectivity index (χ4v) is 4.07. The van der Waals surface area contributed by atoms with Crippen molar-refractivity contribution in [2.75, 3.05) is 23.3 Å². The third-order valence-corrected chi connectivity index (χ3v) is 5.45. The first kappa shape index (κ1) is 16.4. The molecule has 4 heteroatoms. The smallest absolute Gasteiger partial charge is 0.225 e. The van der Waals surface area contributed by atoms with Gasteiger partial charge in [-0.25, -0.2) is 4.98 Å². The predicted octanol–water partition coefficient (Wildman–Crippen LogP) is 4.73. The maximum Gasteiger partial charge on any atom is 0.225 e. The second-order valence-corrected chi connectivity index (χ2v) is 7.62. The van der Waals surface area contributed by atoms with Gasteiger partial charge in [-0.1, -0.05) is 50.1 Å². The van der Waals surface area contributed by atoms with Crippen LogP contribution >= 0.6 is 0 Å². The summed E-state index contributed by atoms with van der Waals surface area (Å²) in [6, 6.07) is 13.1. The molecule has 132 valence electrons. The quantitative estimate of drug-likeness (QED) is 0.876. The van der Waals surface area contributed by atoms with Crippen LogP contribution in [-0.4, -0.2) is 29.1 Å². The van der Waals surface area contributed by atoms with Crippen LogP contribution in [0.1, 0.15) is 45.4 Å². The molecule has 1 aromatic carbocycles. The molecule has 1 unspecified atom stereocenters. The number of nitrogens with one attached hydrogen (secondary N) is 1. The summed E-state index contributed by atoms with van der Waals surface area (Å²) in [5.74, 6) is 2.59. The van der Waals surface area contributed by atoms with E-state index in [2.05, 4.69) is 53.5 Å².